The molecule has 0 spiro atoms. The number of amides is 1. The quantitative estimate of drug-likeness (QED) is 0.400. The molecule has 1 aliphatic rings. The summed E-state index contributed by atoms with van der Waals surface area (Å²) in [6.07, 6.45) is 2.42. The fourth-order valence-corrected chi connectivity index (χ4v) is 6.07. The first-order valence-corrected chi connectivity index (χ1v) is 14.1. The van der Waals surface area contributed by atoms with Gasteiger partial charge in [-0.3, -0.25) is 14.0 Å². The average molecular weight is 542 g/mol. The molecule has 0 saturated carbocycles. The Kier molecular flexibility index (Phi) is 8.74. The van der Waals surface area contributed by atoms with E-state index in [2.05, 4.69) is 16.3 Å². The number of hydrogen-bond acceptors (Lipinski definition) is 5. The van der Waals surface area contributed by atoms with Gasteiger partial charge in [0.25, 0.3) is 10.0 Å². The number of carbonyl (C=O) groups is 1. The highest BCUT2D eigenvalue weighted by molar-refractivity contribution is 7.92. The molecule has 0 bridgehead atoms. The number of aryl methyl sites for hydroxylation is 1. The lowest BCUT2D eigenvalue weighted by molar-refractivity contribution is -0.119. The van der Waals surface area contributed by atoms with E-state index in [0.29, 0.717) is 12.3 Å². The van der Waals surface area contributed by atoms with Crippen molar-refractivity contribution in [2.75, 3.05) is 31.0 Å². The molecular formula is C28H32ClN3O4S. The minimum atomic E-state index is -4.04. The topological polar surface area (TPSA) is 79.0 Å². The van der Waals surface area contributed by atoms with Crippen molar-refractivity contribution in [1.29, 1.82) is 0 Å². The van der Waals surface area contributed by atoms with Gasteiger partial charge in [0.2, 0.25) is 5.91 Å². The normalized spacial score (nSPS) is 13.9. The fraction of sp³-hybridized carbons (Fsp3) is 0.321. The van der Waals surface area contributed by atoms with Gasteiger partial charge in [0, 0.05) is 13.1 Å². The third kappa shape index (κ3) is 6.63. The second-order valence-electron chi connectivity index (χ2n) is 9.17. The van der Waals surface area contributed by atoms with Crippen molar-refractivity contribution in [1.82, 2.24) is 10.2 Å². The average Bonchev–Trinajstić information content (AvgIpc) is 3.40. The van der Waals surface area contributed by atoms with Crippen LogP contribution in [0.25, 0.3) is 0 Å². The molecule has 37 heavy (non-hydrogen) atoms. The summed E-state index contributed by atoms with van der Waals surface area (Å²) in [4.78, 5) is 15.6. The maximum atomic E-state index is 13.6. The van der Waals surface area contributed by atoms with Gasteiger partial charge in [-0.05, 0) is 74.3 Å². The summed E-state index contributed by atoms with van der Waals surface area (Å²) < 4.78 is 33.6. The smallest absolute Gasteiger partial charge is 0.264 e. The first-order valence-electron chi connectivity index (χ1n) is 12.3. The van der Waals surface area contributed by atoms with Gasteiger partial charge in [-0.15, -0.1) is 0 Å². The number of nitrogens with one attached hydrogen (secondary N) is 1. The van der Waals surface area contributed by atoms with E-state index >= 15 is 0 Å². The van der Waals surface area contributed by atoms with E-state index in [1.165, 1.54) is 38.2 Å². The third-order valence-corrected chi connectivity index (χ3v) is 8.59. The van der Waals surface area contributed by atoms with Crippen LogP contribution in [0.15, 0.2) is 71.6 Å². The number of sulfonamides is 1. The fourth-order valence-electron chi connectivity index (χ4n) is 4.41. The first-order chi connectivity index (χ1) is 17.8. The maximum absolute atomic E-state index is 13.6. The largest absolute Gasteiger partial charge is 0.495 e. The van der Waals surface area contributed by atoms with Crippen molar-refractivity contribution in [3.8, 4) is 5.75 Å². The van der Waals surface area contributed by atoms with Crippen LogP contribution in [0, 0.1) is 6.92 Å². The van der Waals surface area contributed by atoms with E-state index < -0.39 is 22.5 Å². The predicted octanol–water partition coefficient (Wildman–Crippen LogP) is 4.76. The molecular weight excluding hydrogens is 510 g/mol. The zero-order chi connectivity index (χ0) is 26.4. The number of methoxy groups -OCH3 is 1. The Morgan fingerprint density at radius 3 is 2.35 bits per heavy atom. The Balaban J connectivity index is 1.55. The number of halogens is 1. The summed E-state index contributed by atoms with van der Waals surface area (Å²) in [6, 6.07) is 19.2. The molecule has 0 aromatic heterocycles. The SMILES string of the molecule is COc1ccc(N(CC(=O)NCc2ccccc2CN2CCCC2)S(=O)(=O)c2ccc(C)cc2)cc1Cl. The van der Waals surface area contributed by atoms with Gasteiger partial charge in [-0.1, -0.05) is 53.6 Å². The highest BCUT2D eigenvalue weighted by Crippen LogP contribution is 2.32. The lowest BCUT2D eigenvalue weighted by atomic mass is 10.1. The third-order valence-electron chi connectivity index (χ3n) is 6.51. The maximum Gasteiger partial charge on any atom is 0.264 e. The van der Waals surface area contributed by atoms with Crippen LogP contribution in [0.1, 0.15) is 29.5 Å². The van der Waals surface area contributed by atoms with Gasteiger partial charge in [0.05, 0.1) is 22.7 Å². The number of rotatable bonds is 10. The summed E-state index contributed by atoms with van der Waals surface area (Å²) in [5.74, 6) is -0.00392. The molecule has 1 saturated heterocycles. The molecule has 0 unspecified atom stereocenters. The Morgan fingerprint density at radius 1 is 1.03 bits per heavy atom. The van der Waals surface area contributed by atoms with Crippen LogP contribution >= 0.6 is 11.6 Å². The molecule has 1 aliphatic heterocycles. The van der Waals surface area contributed by atoms with E-state index in [1.54, 1.807) is 24.3 Å². The van der Waals surface area contributed by atoms with Crippen LogP contribution in [0.2, 0.25) is 5.02 Å². The van der Waals surface area contributed by atoms with Crippen molar-refractivity contribution in [3.63, 3.8) is 0 Å². The molecule has 9 heteroatoms. The second-order valence-corrected chi connectivity index (χ2v) is 11.4. The highest BCUT2D eigenvalue weighted by Gasteiger charge is 2.28. The van der Waals surface area contributed by atoms with Gasteiger partial charge >= 0.3 is 0 Å². The summed E-state index contributed by atoms with van der Waals surface area (Å²) >= 11 is 6.30. The van der Waals surface area contributed by atoms with Crippen LogP contribution in [0.5, 0.6) is 5.75 Å². The molecule has 1 fully saturated rings. The van der Waals surface area contributed by atoms with Gasteiger partial charge in [0.1, 0.15) is 12.3 Å². The van der Waals surface area contributed by atoms with Crippen LogP contribution in [-0.2, 0) is 27.9 Å². The summed E-state index contributed by atoms with van der Waals surface area (Å²) in [5, 5.41) is 3.16. The zero-order valence-electron chi connectivity index (χ0n) is 21.1. The Morgan fingerprint density at radius 2 is 1.70 bits per heavy atom. The van der Waals surface area contributed by atoms with E-state index in [9.17, 15) is 13.2 Å². The van der Waals surface area contributed by atoms with Gasteiger partial charge < -0.3 is 10.1 Å². The van der Waals surface area contributed by atoms with Crippen LogP contribution in [0.3, 0.4) is 0 Å². The van der Waals surface area contributed by atoms with E-state index in [0.717, 1.165) is 40.6 Å². The van der Waals surface area contributed by atoms with Crippen LogP contribution in [-0.4, -0.2) is 46.0 Å². The molecule has 196 valence electrons. The number of nitrogens with zero attached hydrogens (tertiary/aromatic N) is 2. The number of carbonyl (C=O) groups excluding carboxylic acids is 1. The summed E-state index contributed by atoms with van der Waals surface area (Å²) in [6.45, 7) is 4.79. The molecule has 7 nitrogen and oxygen atoms in total. The minimum Gasteiger partial charge on any atom is -0.495 e. The van der Waals surface area contributed by atoms with Crippen molar-refractivity contribution < 1.29 is 17.9 Å². The Labute approximate surface area is 224 Å². The molecule has 1 N–H and O–H groups in total. The molecule has 1 heterocycles. The van der Waals surface area contributed by atoms with Crippen LogP contribution in [0.4, 0.5) is 5.69 Å². The van der Waals surface area contributed by atoms with E-state index in [1.807, 2.05) is 25.1 Å². The van der Waals surface area contributed by atoms with Crippen molar-refractivity contribution in [2.24, 2.45) is 0 Å². The van der Waals surface area contributed by atoms with E-state index in [-0.39, 0.29) is 15.6 Å². The monoisotopic (exact) mass is 541 g/mol. The highest BCUT2D eigenvalue weighted by atomic mass is 35.5. The predicted molar refractivity (Wildman–Crippen MR) is 147 cm³/mol. The number of anilines is 1. The zero-order valence-corrected chi connectivity index (χ0v) is 22.7. The first kappa shape index (κ1) is 27.0. The number of ether oxygens (including phenoxy) is 1. The van der Waals surface area contributed by atoms with Crippen molar-refractivity contribution in [2.45, 2.75) is 37.8 Å². The molecule has 0 aliphatic carbocycles. The number of hydrogen-bond donors (Lipinski definition) is 1. The molecule has 0 radical (unpaired) electrons. The molecule has 3 aromatic carbocycles. The molecule has 0 atom stereocenters. The van der Waals surface area contributed by atoms with Gasteiger partial charge in [0.15, 0.2) is 0 Å². The second kappa shape index (κ2) is 12.0. The molecule has 4 rings (SSSR count). The van der Waals surface area contributed by atoms with Crippen molar-refractivity contribution in [3.05, 3.63) is 88.4 Å². The van der Waals surface area contributed by atoms with E-state index in [4.69, 9.17) is 16.3 Å². The lowest BCUT2D eigenvalue weighted by Crippen LogP contribution is -2.40. The van der Waals surface area contributed by atoms with Gasteiger partial charge in [-0.2, -0.15) is 0 Å². The van der Waals surface area contributed by atoms with Gasteiger partial charge in [-0.25, -0.2) is 8.42 Å². The molecule has 3 aromatic rings. The van der Waals surface area contributed by atoms with Crippen molar-refractivity contribution >= 4 is 33.2 Å². The summed E-state index contributed by atoms with van der Waals surface area (Å²) in [5.41, 5.74) is 3.39. The Hall–Kier alpha value is -3.07. The number of likely N-dealkylation sites (tertiary alicyclic amines) is 1. The minimum absolute atomic E-state index is 0.0915. The molecule has 1 amide bonds. The summed E-state index contributed by atoms with van der Waals surface area (Å²) in [7, 11) is -2.56. The number of benzene rings is 3. The van der Waals surface area contributed by atoms with Crippen LogP contribution < -0.4 is 14.4 Å². The lowest BCUT2D eigenvalue weighted by Gasteiger charge is -2.25. The Bertz CT molecular complexity index is 1340. The standard InChI is InChI=1S/C28H32ClN3O4S/c1-21-9-12-25(13-10-21)37(34,35)32(24-11-14-27(36-2)26(29)17-24)20-28(33)30-18-22-7-3-4-8-23(22)19-31-15-5-6-16-31/h3-4,7-14,17H,5-6,15-16,18-20H2,1-2H3,(H,30,33).